The Bertz CT molecular complexity index is 906. The number of furan rings is 1. The molecular weight excluding hydrogens is 372 g/mol. The summed E-state index contributed by atoms with van der Waals surface area (Å²) >= 11 is 7.28. The maximum Gasteiger partial charge on any atom is 0.264 e. The fourth-order valence-electron chi connectivity index (χ4n) is 3.07. The van der Waals surface area contributed by atoms with Gasteiger partial charge in [0.15, 0.2) is 5.17 Å². The van der Waals surface area contributed by atoms with Gasteiger partial charge in [0.1, 0.15) is 11.5 Å². The molecule has 1 amide bonds. The molecule has 1 aliphatic carbocycles. The fraction of sp³-hybridized carbons (Fsp3) is 0.263. The fourth-order valence-corrected chi connectivity index (χ4v) is 4.12. The number of hydrogen-bond donors (Lipinski definition) is 2. The van der Waals surface area contributed by atoms with Crippen LogP contribution in [0, 0.1) is 0 Å². The number of amidine groups is 1. The van der Waals surface area contributed by atoms with Crippen LogP contribution in [-0.2, 0) is 4.79 Å². The van der Waals surface area contributed by atoms with Crippen molar-refractivity contribution in [3.05, 3.63) is 52.1 Å². The van der Waals surface area contributed by atoms with E-state index in [1.54, 1.807) is 12.1 Å². The SMILES string of the molecule is O=C1NC(=N[C@H]2CCC[C@@H]2O)S/C1=C\c1ccc(-c2cccc(Cl)c2)o1. The van der Waals surface area contributed by atoms with Gasteiger partial charge in [-0.1, -0.05) is 23.7 Å². The van der Waals surface area contributed by atoms with Crippen LogP contribution in [-0.4, -0.2) is 28.3 Å². The predicted molar refractivity (Wildman–Crippen MR) is 104 cm³/mol. The second kappa shape index (κ2) is 7.31. The van der Waals surface area contributed by atoms with Crippen LogP contribution in [0.5, 0.6) is 0 Å². The summed E-state index contributed by atoms with van der Waals surface area (Å²) in [6, 6.07) is 10.9. The van der Waals surface area contributed by atoms with Gasteiger partial charge >= 0.3 is 0 Å². The van der Waals surface area contributed by atoms with Crippen molar-refractivity contribution in [3.8, 4) is 11.3 Å². The third-order valence-corrected chi connectivity index (χ3v) is 5.55. The molecule has 2 N–H and O–H groups in total. The molecule has 0 bridgehead atoms. The molecular formula is C19H17ClN2O3S. The lowest BCUT2D eigenvalue weighted by Gasteiger charge is -2.09. The Kier molecular flexibility index (Phi) is 4.89. The highest BCUT2D eigenvalue weighted by Gasteiger charge is 2.29. The topological polar surface area (TPSA) is 74.8 Å². The molecule has 2 atom stereocenters. The lowest BCUT2D eigenvalue weighted by molar-refractivity contribution is -0.115. The molecule has 0 unspecified atom stereocenters. The van der Waals surface area contributed by atoms with Crippen molar-refractivity contribution in [2.24, 2.45) is 4.99 Å². The molecule has 7 heteroatoms. The second-order valence-electron chi connectivity index (χ2n) is 6.28. The Morgan fingerprint density at radius 2 is 2.19 bits per heavy atom. The maximum atomic E-state index is 12.2. The molecule has 1 aromatic carbocycles. The standard InChI is InChI=1S/C19H17ClN2O3S/c20-12-4-1-3-11(9-12)16-8-7-13(25-16)10-17-18(24)22-19(26-17)21-14-5-2-6-15(14)23/h1,3-4,7-10,14-15,23H,2,5-6H2,(H,21,22,24)/b17-10-/t14-,15-/m0/s1. The number of thioether (sulfide) groups is 1. The van der Waals surface area contributed by atoms with Crippen LogP contribution < -0.4 is 5.32 Å². The van der Waals surface area contributed by atoms with Gasteiger partial charge < -0.3 is 14.8 Å². The van der Waals surface area contributed by atoms with Gasteiger partial charge in [-0.2, -0.15) is 0 Å². The summed E-state index contributed by atoms with van der Waals surface area (Å²) in [6.07, 6.45) is 3.85. The van der Waals surface area contributed by atoms with E-state index in [-0.39, 0.29) is 11.9 Å². The average molecular weight is 389 g/mol. The number of aliphatic hydroxyl groups excluding tert-OH is 1. The van der Waals surface area contributed by atoms with E-state index in [2.05, 4.69) is 10.3 Å². The van der Waals surface area contributed by atoms with Crippen molar-refractivity contribution in [2.75, 3.05) is 0 Å². The maximum absolute atomic E-state index is 12.2. The van der Waals surface area contributed by atoms with Gasteiger partial charge in [-0.05, 0) is 55.3 Å². The van der Waals surface area contributed by atoms with E-state index in [0.29, 0.717) is 26.6 Å². The molecule has 0 radical (unpaired) electrons. The van der Waals surface area contributed by atoms with Gasteiger partial charge in [-0.25, -0.2) is 0 Å². The molecule has 2 heterocycles. The number of aliphatic hydroxyl groups is 1. The Balaban J connectivity index is 1.52. The van der Waals surface area contributed by atoms with E-state index in [1.165, 1.54) is 11.8 Å². The Hall–Kier alpha value is -2.02. The lowest BCUT2D eigenvalue weighted by Crippen LogP contribution is -2.24. The van der Waals surface area contributed by atoms with E-state index < -0.39 is 6.10 Å². The third kappa shape index (κ3) is 3.72. The number of amides is 1. The van der Waals surface area contributed by atoms with Crippen molar-refractivity contribution in [1.82, 2.24) is 5.32 Å². The molecule has 4 rings (SSSR count). The molecule has 1 saturated carbocycles. The lowest BCUT2D eigenvalue weighted by atomic mass is 10.2. The highest BCUT2D eigenvalue weighted by molar-refractivity contribution is 8.18. The van der Waals surface area contributed by atoms with Crippen LogP contribution in [0.1, 0.15) is 25.0 Å². The van der Waals surface area contributed by atoms with E-state index >= 15 is 0 Å². The summed E-state index contributed by atoms with van der Waals surface area (Å²) in [7, 11) is 0. The minimum absolute atomic E-state index is 0.129. The van der Waals surface area contributed by atoms with Crippen molar-refractivity contribution in [1.29, 1.82) is 0 Å². The Morgan fingerprint density at radius 1 is 1.31 bits per heavy atom. The zero-order valence-corrected chi connectivity index (χ0v) is 15.4. The molecule has 2 aromatic rings. The molecule has 1 saturated heterocycles. The molecule has 26 heavy (non-hydrogen) atoms. The number of benzene rings is 1. The normalized spacial score (nSPS) is 26.0. The second-order valence-corrected chi connectivity index (χ2v) is 7.74. The van der Waals surface area contributed by atoms with Gasteiger partial charge in [-0.3, -0.25) is 9.79 Å². The van der Waals surface area contributed by atoms with Crippen LogP contribution in [0.25, 0.3) is 17.4 Å². The van der Waals surface area contributed by atoms with Crippen LogP contribution in [0.4, 0.5) is 0 Å². The molecule has 5 nitrogen and oxygen atoms in total. The largest absolute Gasteiger partial charge is 0.457 e. The quantitative estimate of drug-likeness (QED) is 0.777. The van der Waals surface area contributed by atoms with Gasteiger partial charge in [-0.15, -0.1) is 0 Å². The molecule has 0 spiro atoms. The summed E-state index contributed by atoms with van der Waals surface area (Å²) in [5.74, 6) is 1.06. The number of rotatable bonds is 3. The summed E-state index contributed by atoms with van der Waals surface area (Å²) in [5, 5.41) is 13.8. The van der Waals surface area contributed by atoms with E-state index in [1.807, 2.05) is 30.3 Å². The first kappa shape index (κ1) is 17.4. The Morgan fingerprint density at radius 3 is 2.96 bits per heavy atom. The van der Waals surface area contributed by atoms with Gasteiger partial charge in [0, 0.05) is 16.7 Å². The number of halogens is 1. The van der Waals surface area contributed by atoms with E-state index in [0.717, 1.165) is 24.8 Å². The molecule has 134 valence electrons. The first-order chi connectivity index (χ1) is 12.6. The van der Waals surface area contributed by atoms with Gasteiger partial charge in [0.05, 0.1) is 17.1 Å². The minimum Gasteiger partial charge on any atom is -0.457 e. The van der Waals surface area contributed by atoms with Crippen molar-refractivity contribution >= 4 is 40.5 Å². The number of carbonyl (C=O) groups excluding carboxylic acids is 1. The molecule has 2 aliphatic rings. The first-order valence-corrected chi connectivity index (χ1v) is 9.60. The third-order valence-electron chi connectivity index (χ3n) is 4.39. The van der Waals surface area contributed by atoms with Crippen molar-refractivity contribution < 1.29 is 14.3 Å². The first-order valence-electron chi connectivity index (χ1n) is 8.41. The van der Waals surface area contributed by atoms with Gasteiger partial charge in [0.25, 0.3) is 5.91 Å². The highest BCUT2D eigenvalue weighted by Crippen LogP contribution is 2.31. The number of carbonyl (C=O) groups is 1. The van der Waals surface area contributed by atoms with E-state index in [4.69, 9.17) is 16.0 Å². The number of nitrogens with zero attached hydrogens (tertiary/aromatic N) is 1. The zero-order chi connectivity index (χ0) is 18.1. The van der Waals surface area contributed by atoms with Crippen LogP contribution in [0.2, 0.25) is 5.02 Å². The average Bonchev–Trinajstić information content (AvgIpc) is 3.31. The highest BCUT2D eigenvalue weighted by atomic mass is 35.5. The number of aliphatic imine (C=N–C) groups is 1. The summed E-state index contributed by atoms with van der Waals surface area (Å²) < 4.78 is 5.81. The van der Waals surface area contributed by atoms with Crippen LogP contribution >= 0.6 is 23.4 Å². The van der Waals surface area contributed by atoms with Crippen LogP contribution in [0.3, 0.4) is 0 Å². The minimum atomic E-state index is -0.418. The monoisotopic (exact) mass is 388 g/mol. The number of hydrogen-bond acceptors (Lipinski definition) is 5. The summed E-state index contributed by atoms with van der Waals surface area (Å²) in [6.45, 7) is 0. The molecule has 1 aliphatic heterocycles. The Labute approximate surface area is 160 Å². The number of nitrogens with one attached hydrogen (secondary N) is 1. The van der Waals surface area contributed by atoms with E-state index in [9.17, 15) is 9.90 Å². The van der Waals surface area contributed by atoms with Crippen molar-refractivity contribution in [2.45, 2.75) is 31.4 Å². The summed E-state index contributed by atoms with van der Waals surface area (Å²) in [5.41, 5.74) is 0.878. The smallest absolute Gasteiger partial charge is 0.264 e. The van der Waals surface area contributed by atoms with Crippen molar-refractivity contribution in [3.63, 3.8) is 0 Å². The molecule has 2 fully saturated rings. The summed E-state index contributed by atoms with van der Waals surface area (Å²) in [4.78, 5) is 17.2. The van der Waals surface area contributed by atoms with Crippen LogP contribution in [0.15, 0.2) is 50.7 Å². The zero-order valence-electron chi connectivity index (χ0n) is 13.8. The predicted octanol–water partition coefficient (Wildman–Crippen LogP) is 4.07. The van der Waals surface area contributed by atoms with Gasteiger partial charge in [0.2, 0.25) is 0 Å². The molecule has 1 aromatic heterocycles.